The minimum absolute atomic E-state index is 0.237. The second-order valence-corrected chi connectivity index (χ2v) is 7.99. The first-order valence-corrected chi connectivity index (χ1v) is 9.67. The number of aromatic nitrogens is 3. The molecule has 1 unspecified atom stereocenters. The van der Waals surface area contributed by atoms with E-state index in [1.165, 1.54) is 18.3 Å². The van der Waals surface area contributed by atoms with E-state index in [4.69, 9.17) is 0 Å². The van der Waals surface area contributed by atoms with Gasteiger partial charge in [-0.25, -0.2) is 9.97 Å². The van der Waals surface area contributed by atoms with Crippen LogP contribution in [0.25, 0.3) is 0 Å². The number of nitrogens with one attached hydrogen (secondary N) is 1. The predicted octanol–water partition coefficient (Wildman–Crippen LogP) is 3.10. The number of hydrogen-bond donors (Lipinski definition) is 1. The lowest BCUT2D eigenvalue weighted by molar-refractivity contribution is -0.114. The lowest BCUT2D eigenvalue weighted by Gasteiger charge is -2.32. The number of anilines is 1. The van der Waals surface area contributed by atoms with E-state index >= 15 is 0 Å². The third-order valence-corrected chi connectivity index (χ3v) is 5.35. The molecule has 1 aliphatic heterocycles. The van der Waals surface area contributed by atoms with Crippen molar-refractivity contribution in [3.63, 3.8) is 0 Å². The Balaban J connectivity index is 1.61. The van der Waals surface area contributed by atoms with E-state index in [1.807, 2.05) is 13.8 Å². The smallest absolute Gasteiger partial charge is 0.230 e. The van der Waals surface area contributed by atoms with Gasteiger partial charge in [-0.15, -0.1) is 0 Å². The van der Waals surface area contributed by atoms with Crippen molar-refractivity contribution in [2.75, 3.05) is 18.4 Å². The summed E-state index contributed by atoms with van der Waals surface area (Å²) in [7, 11) is 0. The van der Waals surface area contributed by atoms with Gasteiger partial charge in [-0.3, -0.25) is 9.69 Å². The molecule has 6 nitrogen and oxygen atoms in total. The molecule has 0 spiro atoms. The van der Waals surface area contributed by atoms with Gasteiger partial charge in [0, 0.05) is 31.4 Å². The average Bonchev–Trinajstić information content (AvgIpc) is 2.85. The van der Waals surface area contributed by atoms with Crippen LogP contribution in [-0.4, -0.2) is 38.8 Å². The average molecular weight is 377 g/mol. The molecule has 1 amide bonds. The van der Waals surface area contributed by atoms with E-state index in [0.29, 0.717) is 22.5 Å². The van der Waals surface area contributed by atoms with Crippen molar-refractivity contribution in [2.24, 2.45) is 5.92 Å². The molecular weight excluding hydrogens is 353 g/mol. The molecule has 2 aromatic rings. The molecule has 1 atom stereocenters. The molecule has 26 heavy (non-hydrogen) atoms. The van der Waals surface area contributed by atoms with Gasteiger partial charge in [-0.05, 0) is 51.6 Å². The van der Waals surface area contributed by atoms with Gasteiger partial charge < -0.3 is 5.32 Å². The second-order valence-electron chi connectivity index (χ2n) is 6.91. The number of carbonyl (C=O) groups is 1. The van der Waals surface area contributed by atoms with Gasteiger partial charge in [0.1, 0.15) is 5.82 Å². The number of likely N-dealkylation sites (tertiary alicyclic amines) is 1. The van der Waals surface area contributed by atoms with Crippen molar-refractivity contribution < 1.29 is 9.18 Å². The number of thiazole rings is 1. The first kappa shape index (κ1) is 18.8. The molecule has 0 saturated carbocycles. The molecule has 8 heteroatoms. The monoisotopic (exact) mass is 377 g/mol. The Morgan fingerprint density at radius 1 is 1.38 bits per heavy atom. The van der Waals surface area contributed by atoms with Crippen LogP contribution in [0.2, 0.25) is 0 Å². The summed E-state index contributed by atoms with van der Waals surface area (Å²) in [6, 6.07) is 2.05. The molecule has 0 bridgehead atoms. The Morgan fingerprint density at radius 3 is 2.92 bits per heavy atom. The van der Waals surface area contributed by atoms with Crippen molar-refractivity contribution in [1.29, 1.82) is 0 Å². The summed E-state index contributed by atoms with van der Waals surface area (Å²) in [6.07, 6.45) is 3.16. The van der Waals surface area contributed by atoms with Crippen molar-refractivity contribution in [3.8, 4) is 0 Å². The summed E-state index contributed by atoms with van der Waals surface area (Å²) in [5.41, 5.74) is 2.08. The SMILES string of the molecule is CC(=O)Nc1nc(F)c(CN2CCCC(Cc3cc(C)nc(C)n3)C2)s1. The molecule has 3 rings (SSSR count). The van der Waals surface area contributed by atoms with E-state index in [1.54, 1.807) is 0 Å². The number of carbonyl (C=O) groups excluding carboxylic acids is 1. The lowest BCUT2D eigenvalue weighted by Crippen LogP contribution is -2.35. The van der Waals surface area contributed by atoms with Gasteiger partial charge in [0.15, 0.2) is 5.13 Å². The highest BCUT2D eigenvalue weighted by molar-refractivity contribution is 7.15. The van der Waals surface area contributed by atoms with Crippen LogP contribution in [0.15, 0.2) is 6.07 Å². The maximum Gasteiger partial charge on any atom is 0.230 e. The Hall–Kier alpha value is -1.93. The highest BCUT2D eigenvalue weighted by Gasteiger charge is 2.23. The minimum Gasteiger partial charge on any atom is -0.302 e. The van der Waals surface area contributed by atoms with Crippen LogP contribution in [0, 0.1) is 25.7 Å². The van der Waals surface area contributed by atoms with Gasteiger partial charge >= 0.3 is 0 Å². The fourth-order valence-corrected chi connectivity index (χ4v) is 4.42. The van der Waals surface area contributed by atoms with Crippen LogP contribution in [0.5, 0.6) is 0 Å². The second kappa shape index (κ2) is 8.18. The molecule has 140 valence electrons. The quantitative estimate of drug-likeness (QED) is 0.867. The Labute approximate surface area is 156 Å². The van der Waals surface area contributed by atoms with E-state index in [-0.39, 0.29) is 5.91 Å². The molecule has 0 radical (unpaired) electrons. The molecule has 0 aliphatic carbocycles. The first-order valence-electron chi connectivity index (χ1n) is 8.85. The van der Waals surface area contributed by atoms with E-state index < -0.39 is 5.95 Å². The number of amides is 1. The number of hydrogen-bond acceptors (Lipinski definition) is 6. The molecule has 1 aliphatic rings. The molecule has 3 heterocycles. The van der Waals surface area contributed by atoms with Crippen molar-refractivity contribution in [3.05, 3.63) is 34.1 Å². The van der Waals surface area contributed by atoms with Gasteiger partial charge in [-0.1, -0.05) is 11.3 Å². The summed E-state index contributed by atoms with van der Waals surface area (Å²) < 4.78 is 14.1. The first-order chi connectivity index (χ1) is 12.4. The number of rotatable bonds is 5. The number of nitrogens with zero attached hydrogens (tertiary/aromatic N) is 4. The summed E-state index contributed by atoms with van der Waals surface area (Å²) >= 11 is 1.21. The third kappa shape index (κ3) is 5.04. The predicted molar refractivity (Wildman–Crippen MR) is 99.6 cm³/mol. The lowest BCUT2D eigenvalue weighted by atomic mass is 9.93. The standard InChI is InChI=1S/C18H24FN5OS/c1-11-7-15(21-12(2)20-11)8-14-5-4-6-24(9-14)10-16-17(19)23-18(26-16)22-13(3)25/h7,14H,4-6,8-10H2,1-3H3,(H,22,23,25). The van der Waals surface area contributed by atoms with Gasteiger partial charge in [0.25, 0.3) is 0 Å². The zero-order valence-electron chi connectivity index (χ0n) is 15.4. The molecule has 1 saturated heterocycles. The maximum atomic E-state index is 14.1. The van der Waals surface area contributed by atoms with Crippen LogP contribution < -0.4 is 5.32 Å². The molecule has 0 aromatic carbocycles. The highest BCUT2D eigenvalue weighted by atomic mass is 32.1. The molecular formula is C18H24FN5OS. The summed E-state index contributed by atoms with van der Waals surface area (Å²) in [5.74, 6) is 0.592. The van der Waals surface area contributed by atoms with Gasteiger partial charge in [0.2, 0.25) is 11.9 Å². The molecule has 1 N–H and O–H groups in total. The maximum absolute atomic E-state index is 14.1. The largest absolute Gasteiger partial charge is 0.302 e. The van der Waals surface area contributed by atoms with Crippen LogP contribution in [0.4, 0.5) is 9.52 Å². The zero-order valence-corrected chi connectivity index (χ0v) is 16.2. The normalized spacial score (nSPS) is 18.1. The topological polar surface area (TPSA) is 71.0 Å². The van der Waals surface area contributed by atoms with Crippen molar-refractivity contribution >= 4 is 22.4 Å². The number of halogens is 1. The van der Waals surface area contributed by atoms with E-state index in [9.17, 15) is 9.18 Å². The van der Waals surface area contributed by atoms with Crippen LogP contribution in [0.3, 0.4) is 0 Å². The number of piperidine rings is 1. The Kier molecular flexibility index (Phi) is 5.93. The van der Waals surface area contributed by atoms with Crippen molar-refractivity contribution in [1.82, 2.24) is 19.9 Å². The van der Waals surface area contributed by atoms with Crippen LogP contribution in [0.1, 0.15) is 41.9 Å². The van der Waals surface area contributed by atoms with E-state index in [0.717, 1.165) is 49.6 Å². The summed E-state index contributed by atoms with van der Waals surface area (Å²) in [5, 5.41) is 2.88. The van der Waals surface area contributed by atoms with Crippen LogP contribution in [-0.2, 0) is 17.8 Å². The zero-order chi connectivity index (χ0) is 18.7. The van der Waals surface area contributed by atoms with Gasteiger partial charge in [0.05, 0.1) is 4.88 Å². The van der Waals surface area contributed by atoms with Crippen LogP contribution >= 0.6 is 11.3 Å². The number of aryl methyl sites for hydroxylation is 2. The fourth-order valence-electron chi connectivity index (χ4n) is 3.49. The van der Waals surface area contributed by atoms with Crippen molar-refractivity contribution in [2.45, 2.75) is 46.6 Å². The Morgan fingerprint density at radius 2 is 2.19 bits per heavy atom. The Bertz CT molecular complexity index is 774. The molecule has 1 fully saturated rings. The van der Waals surface area contributed by atoms with E-state index in [2.05, 4.69) is 31.2 Å². The minimum atomic E-state index is -0.483. The fraction of sp³-hybridized carbons (Fsp3) is 0.556. The third-order valence-electron chi connectivity index (χ3n) is 4.42. The molecule has 2 aromatic heterocycles. The summed E-state index contributed by atoms with van der Waals surface area (Å²) in [6.45, 7) is 7.69. The van der Waals surface area contributed by atoms with Gasteiger partial charge in [-0.2, -0.15) is 9.37 Å². The summed E-state index contributed by atoms with van der Waals surface area (Å²) in [4.78, 5) is 26.6. The highest BCUT2D eigenvalue weighted by Crippen LogP contribution is 2.27.